The lowest BCUT2D eigenvalue weighted by Crippen LogP contribution is -2.00. The summed E-state index contributed by atoms with van der Waals surface area (Å²) < 4.78 is 3.09. The third kappa shape index (κ3) is 1.50. The van der Waals surface area contributed by atoms with Crippen molar-refractivity contribution in [2.45, 2.75) is 26.2 Å². The van der Waals surface area contributed by atoms with Gasteiger partial charge in [-0.15, -0.1) is 0 Å². The van der Waals surface area contributed by atoms with Crippen LogP contribution in [0.2, 0.25) is 0 Å². The SMILES string of the molecule is Cc1ccc(-n2nc(Br)c3c2CCC3)cc1. The van der Waals surface area contributed by atoms with Crippen molar-refractivity contribution in [3.05, 3.63) is 45.7 Å². The normalized spacial score (nSPS) is 14.1. The lowest BCUT2D eigenvalue weighted by atomic mass is 10.2. The molecular formula is C13H13BrN2. The van der Waals surface area contributed by atoms with Gasteiger partial charge in [0.05, 0.1) is 5.69 Å². The highest BCUT2D eigenvalue weighted by Crippen LogP contribution is 2.30. The topological polar surface area (TPSA) is 17.8 Å². The molecule has 0 aliphatic heterocycles. The van der Waals surface area contributed by atoms with Crippen LogP contribution in [-0.4, -0.2) is 9.78 Å². The van der Waals surface area contributed by atoms with Gasteiger partial charge in [-0.25, -0.2) is 4.68 Å². The van der Waals surface area contributed by atoms with E-state index in [1.807, 2.05) is 0 Å². The van der Waals surface area contributed by atoms with Gasteiger partial charge in [0.15, 0.2) is 0 Å². The molecule has 0 fully saturated rings. The fourth-order valence-electron chi connectivity index (χ4n) is 2.29. The first-order valence-electron chi connectivity index (χ1n) is 5.59. The molecule has 1 aliphatic carbocycles. The van der Waals surface area contributed by atoms with E-state index in [0.29, 0.717) is 0 Å². The maximum Gasteiger partial charge on any atom is 0.132 e. The quantitative estimate of drug-likeness (QED) is 0.780. The van der Waals surface area contributed by atoms with Crippen molar-refractivity contribution in [1.82, 2.24) is 9.78 Å². The van der Waals surface area contributed by atoms with E-state index in [0.717, 1.165) is 23.1 Å². The maximum absolute atomic E-state index is 4.57. The van der Waals surface area contributed by atoms with Crippen molar-refractivity contribution in [2.24, 2.45) is 0 Å². The summed E-state index contributed by atoms with van der Waals surface area (Å²) in [6, 6.07) is 8.53. The van der Waals surface area contributed by atoms with Crippen LogP contribution in [0, 0.1) is 6.92 Å². The third-order valence-corrected chi connectivity index (χ3v) is 3.80. The molecule has 0 saturated carbocycles. The summed E-state index contributed by atoms with van der Waals surface area (Å²) in [5, 5.41) is 4.57. The number of rotatable bonds is 1. The van der Waals surface area contributed by atoms with Crippen molar-refractivity contribution < 1.29 is 0 Å². The Labute approximate surface area is 103 Å². The van der Waals surface area contributed by atoms with Crippen LogP contribution in [0.3, 0.4) is 0 Å². The van der Waals surface area contributed by atoms with Crippen LogP contribution < -0.4 is 0 Å². The first-order chi connectivity index (χ1) is 7.75. The third-order valence-electron chi connectivity index (χ3n) is 3.16. The van der Waals surface area contributed by atoms with E-state index in [1.54, 1.807) is 0 Å². The molecule has 0 spiro atoms. The minimum Gasteiger partial charge on any atom is -0.236 e. The number of fused-ring (bicyclic) bond motifs is 1. The van der Waals surface area contributed by atoms with Crippen LogP contribution >= 0.6 is 15.9 Å². The first-order valence-corrected chi connectivity index (χ1v) is 6.38. The molecule has 2 aromatic rings. The van der Waals surface area contributed by atoms with Crippen molar-refractivity contribution >= 4 is 15.9 Å². The second-order valence-corrected chi connectivity index (χ2v) is 5.07. The van der Waals surface area contributed by atoms with Crippen LogP contribution in [-0.2, 0) is 12.8 Å². The average molecular weight is 277 g/mol. The van der Waals surface area contributed by atoms with E-state index in [2.05, 4.69) is 56.9 Å². The highest BCUT2D eigenvalue weighted by atomic mass is 79.9. The maximum atomic E-state index is 4.57. The van der Waals surface area contributed by atoms with Gasteiger partial charge in [-0.1, -0.05) is 17.7 Å². The molecule has 1 aliphatic rings. The van der Waals surface area contributed by atoms with Crippen LogP contribution in [0.5, 0.6) is 0 Å². The molecule has 1 aromatic carbocycles. The molecule has 1 heterocycles. The van der Waals surface area contributed by atoms with Gasteiger partial charge >= 0.3 is 0 Å². The smallest absolute Gasteiger partial charge is 0.132 e. The predicted octanol–water partition coefficient (Wildman–Crippen LogP) is 3.43. The Balaban J connectivity index is 2.13. The Morgan fingerprint density at radius 1 is 1.19 bits per heavy atom. The number of aromatic nitrogens is 2. The lowest BCUT2D eigenvalue weighted by Gasteiger charge is -2.05. The summed E-state index contributed by atoms with van der Waals surface area (Å²) in [7, 11) is 0. The molecule has 0 saturated heterocycles. The zero-order chi connectivity index (χ0) is 11.1. The number of nitrogens with zero attached hydrogens (tertiary/aromatic N) is 2. The summed E-state index contributed by atoms with van der Waals surface area (Å²) in [5.41, 5.74) is 5.21. The monoisotopic (exact) mass is 276 g/mol. The average Bonchev–Trinajstić information content (AvgIpc) is 2.84. The van der Waals surface area contributed by atoms with Crippen LogP contribution in [0.1, 0.15) is 23.2 Å². The summed E-state index contributed by atoms with van der Waals surface area (Å²) in [6.07, 6.45) is 3.54. The Hall–Kier alpha value is -1.09. The molecule has 0 unspecified atom stereocenters. The summed E-state index contributed by atoms with van der Waals surface area (Å²) >= 11 is 3.55. The zero-order valence-electron chi connectivity index (χ0n) is 9.20. The number of hydrogen-bond donors (Lipinski definition) is 0. The van der Waals surface area contributed by atoms with Gasteiger partial charge in [-0.2, -0.15) is 5.10 Å². The molecule has 2 nitrogen and oxygen atoms in total. The van der Waals surface area contributed by atoms with Crippen molar-refractivity contribution in [3.8, 4) is 5.69 Å². The molecule has 82 valence electrons. The van der Waals surface area contributed by atoms with E-state index in [-0.39, 0.29) is 0 Å². The molecule has 0 bridgehead atoms. The van der Waals surface area contributed by atoms with Gasteiger partial charge in [0.2, 0.25) is 0 Å². The molecular weight excluding hydrogens is 264 g/mol. The first kappa shape index (κ1) is 10.1. The summed E-state index contributed by atoms with van der Waals surface area (Å²) in [6.45, 7) is 2.10. The lowest BCUT2D eigenvalue weighted by molar-refractivity contribution is 0.777. The molecule has 1 aromatic heterocycles. The van der Waals surface area contributed by atoms with Gasteiger partial charge < -0.3 is 0 Å². The largest absolute Gasteiger partial charge is 0.236 e. The van der Waals surface area contributed by atoms with E-state index >= 15 is 0 Å². The predicted molar refractivity (Wildman–Crippen MR) is 68.0 cm³/mol. The van der Waals surface area contributed by atoms with Gasteiger partial charge in [0.25, 0.3) is 0 Å². The molecule has 16 heavy (non-hydrogen) atoms. The molecule has 3 rings (SSSR count). The Kier molecular flexibility index (Phi) is 2.36. The molecule has 3 heteroatoms. The van der Waals surface area contributed by atoms with E-state index < -0.39 is 0 Å². The second-order valence-electron chi connectivity index (χ2n) is 4.32. The zero-order valence-corrected chi connectivity index (χ0v) is 10.8. The molecule has 0 atom stereocenters. The highest BCUT2D eigenvalue weighted by Gasteiger charge is 2.21. The van der Waals surface area contributed by atoms with Gasteiger partial charge in [-0.05, 0) is 54.2 Å². The van der Waals surface area contributed by atoms with Crippen molar-refractivity contribution in [2.75, 3.05) is 0 Å². The Bertz CT molecular complexity index is 526. The van der Waals surface area contributed by atoms with Gasteiger partial charge in [0, 0.05) is 11.3 Å². The van der Waals surface area contributed by atoms with Gasteiger partial charge in [-0.3, -0.25) is 0 Å². The molecule has 0 N–H and O–H groups in total. The van der Waals surface area contributed by atoms with Crippen molar-refractivity contribution in [3.63, 3.8) is 0 Å². The number of halogens is 1. The molecule has 0 amide bonds. The summed E-state index contributed by atoms with van der Waals surface area (Å²) in [5.74, 6) is 0. The standard InChI is InChI=1S/C13H13BrN2/c1-9-5-7-10(8-6-9)16-12-4-2-3-11(12)13(14)15-16/h5-8H,2-4H2,1H3. The van der Waals surface area contributed by atoms with Crippen LogP contribution in [0.15, 0.2) is 28.9 Å². The van der Waals surface area contributed by atoms with E-state index in [1.165, 1.54) is 23.2 Å². The second kappa shape index (κ2) is 3.74. The number of benzene rings is 1. The van der Waals surface area contributed by atoms with E-state index in [4.69, 9.17) is 0 Å². The van der Waals surface area contributed by atoms with E-state index in [9.17, 15) is 0 Å². The minimum atomic E-state index is 1.01. The summed E-state index contributed by atoms with van der Waals surface area (Å²) in [4.78, 5) is 0. The number of hydrogen-bond acceptors (Lipinski definition) is 1. The van der Waals surface area contributed by atoms with Crippen molar-refractivity contribution in [1.29, 1.82) is 0 Å². The Morgan fingerprint density at radius 3 is 2.69 bits per heavy atom. The Morgan fingerprint density at radius 2 is 1.94 bits per heavy atom. The highest BCUT2D eigenvalue weighted by molar-refractivity contribution is 9.10. The van der Waals surface area contributed by atoms with Crippen LogP contribution in [0.4, 0.5) is 0 Å². The van der Waals surface area contributed by atoms with Gasteiger partial charge in [0.1, 0.15) is 4.60 Å². The molecule has 0 radical (unpaired) electrons. The van der Waals surface area contributed by atoms with Crippen LogP contribution in [0.25, 0.3) is 5.69 Å². The number of aryl methyl sites for hydroxylation is 1. The fraction of sp³-hybridized carbons (Fsp3) is 0.308. The minimum absolute atomic E-state index is 1.01. The fourth-order valence-corrected chi connectivity index (χ4v) is 2.88.